The Hall–Kier alpha value is -3.18. The molecule has 2 aromatic carbocycles. The van der Waals surface area contributed by atoms with Gasteiger partial charge in [-0.15, -0.1) is 0 Å². The number of rotatable bonds is 16. The number of aliphatic hydroxyl groups is 1. The fraction of sp³-hybridized carbons (Fsp3) is 0.471. The van der Waals surface area contributed by atoms with E-state index in [9.17, 15) is 14.7 Å². The number of unbranched alkanes of at least 4 members (excludes halogenated alkanes) is 3. The van der Waals surface area contributed by atoms with E-state index in [1.807, 2.05) is 54.6 Å². The van der Waals surface area contributed by atoms with Crippen molar-refractivity contribution in [3.8, 4) is 5.75 Å². The molecule has 1 aliphatic carbocycles. The molecule has 0 unspecified atom stereocenters. The van der Waals surface area contributed by atoms with Gasteiger partial charge in [0, 0.05) is 12.8 Å². The van der Waals surface area contributed by atoms with Crippen LogP contribution < -0.4 is 4.74 Å². The lowest BCUT2D eigenvalue weighted by atomic mass is 9.82. The number of allylic oxidation sites excluding steroid dienone is 4. The zero-order chi connectivity index (χ0) is 27.9. The minimum Gasteiger partial charge on any atom is -0.496 e. The van der Waals surface area contributed by atoms with E-state index in [0.717, 1.165) is 49.0 Å². The smallest absolute Gasteiger partial charge is 0.306 e. The lowest BCUT2D eigenvalue weighted by Crippen LogP contribution is -2.18. The SMILES string of the molecule is CCCCCC(=O)/C=C/[C@@H]1[C@H](C/C=C\CCCC(=O)OCc2ccccc2)[C@@H](O)C[C@@H]1c1ccccc1OC. The summed E-state index contributed by atoms with van der Waals surface area (Å²) in [4.78, 5) is 24.6. The third-order valence-electron chi connectivity index (χ3n) is 7.59. The van der Waals surface area contributed by atoms with Gasteiger partial charge in [-0.25, -0.2) is 0 Å². The van der Waals surface area contributed by atoms with E-state index < -0.39 is 6.10 Å². The van der Waals surface area contributed by atoms with Gasteiger partial charge in [0.1, 0.15) is 12.4 Å². The first-order valence-corrected chi connectivity index (χ1v) is 14.4. The topological polar surface area (TPSA) is 72.8 Å². The quantitative estimate of drug-likeness (QED) is 0.106. The molecule has 1 fully saturated rings. The number of benzene rings is 2. The van der Waals surface area contributed by atoms with E-state index in [0.29, 0.717) is 32.3 Å². The number of hydrogen-bond donors (Lipinski definition) is 1. The predicted molar refractivity (Wildman–Crippen MR) is 155 cm³/mol. The molecular formula is C34H44O5. The average molecular weight is 533 g/mol. The molecule has 1 N–H and O–H groups in total. The van der Waals surface area contributed by atoms with Gasteiger partial charge in [-0.1, -0.05) is 86.5 Å². The number of ketones is 1. The van der Waals surface area contributed by atoms with Crippen LogP contribution in [-0.4, -0.2) is 30.1 Å². The van der Waals surface area contributed by atoms with E-state index in [2.05, 4.69) is 25.1 Å². The summed E-state index contributed by atoms with van der Waals surface area (Å²) in [5.41, 5.74) is 2.06. The van der Waals surface area contributed by atoms with Crippen molar-refractivity contribution in [1.82, 2.24) is 0 Å². The summed E-state index contributed by atoms with van der Waals surface area (Å²) in [5, 5.41) is 11.1. The first kappa shape index (κ1) is 30.4. The molecule has 5 heteroatoms. The van der Waals surface area contributed by atoms with Crippen LogP contribution in [0.4, 0.5) is 0 Å². The van der Waals surface area contributed by atoms with Crippen LogP contribution in [0.3, 0.4) is 0 Å². The number of esters is 1. The minimum absolute atomic E-state index is 0.00620. The Morgan fingerprint density at radius 3 is 2.51 bits per heavy atom. The fourth-order valence-electron chi connectivity index (χ4n) is 5.44. The summed E-state index contributed by atoms with van der Waals surface area (Å²) in [6, 6.07) is 17.7. The molecule has 0 saturated heterocycles. The molecule has 39 heavy (non-hydrogen) atoms. The van der Waals surface area contributed by atoms with Gasteiger partial charge in [0.15, 0.2) is 5.78 Å². The van der Waals surface area contributed by atoms with Crippen LogP contribution in [-0.2, 0) is 20.9 Å². The highest BCUT2D eigenvalue weighted by Crippen LogP contribution is 2.48. The van der Waals surface area contributed by atoms with Crippen molar-refractivity contribution in [2.45, 2.75) is 83.3 Å². The maximum Gasteiger partial charge on any atom is 0.306 e. The Labute approximate surface area is 233 Å². The highest BCUT2D eigenvalue weighted by Gasteiger charge is 2.42. The van der Waals surface area contributed by atoms with Crippen molar-refractivity contribution in [3.63, 3.8) is 0 Å². The van der Waals surface area contributed by atoms with Crippen LogP contribution >= 0.6 is 0 Å². The Morgan fingerprint density at radius 1 is 0.974 bits per heavy atom. The minimum atomic E-state index is -0.470. The Kier molecular flexibility index (Phi) is 13.0. The van der Waals surface area contributed by atoms with Gasteiger partial charge in [-0.3, -0.25) is 9.59 Å². The number of para-hydroxylation sites is 1. The van der Waals surface area contributed by atoms with Crippen molar-refractivity contribution in [3.05, 3.63) is 90.0 Å². The first-order chi connectivity index (χ1) is 19.0. The van der Waals surface area contributed by atoms with Gasteiger partial charge in [0.2, 0.25) is 0 Å². The van der Waals surface area contributed by atoms with Gasteiger partial charge >= 0.3 is 5.97 Å². The second kappa shape index (κ2) is 16.7. The van der Waals surface area contributed by atoms with Crippen LogP contribution in [0, 0.1) is 11.8 Å². The molecule has 2 aromatic rings. The highest BCUT2D eigenvalue weighted by molar-refractivity contribution is 5.89. The Balaban J connectivity index is 1.56. The van der Waals surface area contributed by atoms with Crippen LogP contribution in [0.5, 0.6) is 5.75 Å². The van der Waals surface area contributed by atoms with Gasteiger partial charge in [0.05, 0.1) is 13.2 Å². The first-order valence-electron chi connectivity index (χ1n) is 14.4. The van der Waals surface area contributed by atoms with Crippen molar-refractivity contribution in [1.29, 1.82) is 0 Å². The Morgan fingerprint density at radius 2 is 1.74 bits per heavy atom. The van der Waals surface area contributed by atoms with E-state index >= 15 is 0 Å². The molecule has 0 bridgehead atoms. The van der Waals surface area contributed by atoms with Crippen molar-refractivity contribution >= 4 is 11.8 Å². The number of carbonyl (C=O) groups is 2. The van der Waals surface area contributed by atoms with Crippen LogP contribution in [0.15, 0.2) is 78.9 Å². The number of carbonyl (C=O) groups excluding carboxylic acids is 2. The maximum atomic E-state index is 12.5. The molecule has 1 saturated carbocycles. The third-order valence-corrected chi connectivity index (χ3v) is 7.59. The standard InChI is InChI=1S/C34H44O5/c1-3-4-8-17-27(35)22-23-28-29(32(36)24-31(28)30-19-13-14-20-33(30)38-2)18-11-5-6-12-21-34(37)39-25-26-15-9-7-10-16-26/h5,7,9-11,13-16,19-20,22-23,28-29,31-32,36H,3-4,6,8,12,17-18,21,24-25H2,1-2H3/b11-5-,23-22+/t28-,29+,31+,32+/m1/s1. The van der Waals surface area contributed by atoms with Crippen molar-refractivity contribution in [2.24, 2.45) is 11.8 Å². The Bertz CT molecular complexity index is 1070. The van der Waals surface area contributed by atoms with E-state index in [1.54, 1.807) is 13.2 Å². The van der Waals surface area contributed by atoms with E-state index in [4.69, 9.17) is 9.47 Å². The summed E-state index contributed by atoms with van der Waals surface area (Å²) in [6.07, 6.45) is 14.3. The molecule has 0 radical (unpaired) electrons. The normalized spacial score (nSPS) is 21.0. The molecule has 3 rings (SSSR count). The van der Waals surface area contributed by atoms with Gasteiger partial charge in [-0.05, 0) is 73.1 Å². The molecule has 0 amide bonds. The number of hydrogen-bond acceptors (Lipinski definition) is 5. The van der Waals surface area contributed by atoms with Crippen LogP contribution in [0.1, 0.15) is 81.8 Å². The summed E-state index contributed by atoms with van der Waals surface area (Å²) >= 11 is 0. The van der Waals surface area contributed by atoms with E-state index in [-0.39, 0.29) is 29.5 Å². The fourth-order valence-corrected chi connectivity index (χ4v) is 5.44. The van der Waals surface area contributed by atoms with Gasteiger partial charge in [-0.2, -0.15) is 0 Å². The number of ether oxygens (including phenoxy) is 2. The van der Waals surface area contributed by atoms with Crippen molar-refractivity contribution < 1.29 is 24.2 Å². The van der Waals surface area contributed by atoms with Crippen molar-refractivity contribution in [2.75, 3.05) is 7.11 Å². The molecule has 4 atom stereocenters. The molecular weight excluding hydrogens is 488 g/mol. The van der Waals surface area contributed by atoms with Gasteiger partial charge in [0.25, 0.3) is 0 Å². The average Bonchev–Trinajstić information content (AvgIpc) is 3.27. The summed E-state index contributed by atoms with van der Waals surface area (Å²) < 4.78 is 11.0. The lowest BCUT2D eigenvalue weighted by Gasteiger charge is -2.23. The highest BCUT2D eigenvalue weighted by atomic mass is 16.5. The molecule has 5 nitrogen and oxygen atoms in total. The van der Waals surface area contributed by atoms with E-state index in [1.165, 1.54) is 0 Å². The lowest BCUT2D eigenvalue weighted by molar-refractivity contribution is -0.145. The summed E-state index contributed by atoms with van der Waals surface area (Å²) in [5.74, 6) is 0.894. The second-order valence-corrected chi connectivity index (χ2v) is 10.4. The van der Waals surface area contributed by atoms with Gasteiger partial charge < -0.3 is 14.6 Å². The molecule has 0 aliphatic heterocycles. The molecule has 0 aromatic heterocycles. The molecule has 1 aliphatic rings. The second-order valence-electron chi connectivity index (χ2n) is 10.4. The largest absolute Gasteiger partial charge is 0.496 e. The molecule has 0 heterocycles. The summed E-state index contributed by atoms with van der Waals surface area (Å²) in [6.45, 7) is 2.44. The predicted octanol–water partition coefficient (Wildman–Crippen LogP) is 7.34. The van der Waals surface area contributed by atoms with Crippen LogP contribution in [0.2, 0.25) is 0 Å². The third kappa shape index (κ3) is 9.81. The number of methoxy groups -OCH3 is 1. The zero-order valence-corrected chi connectivity index (χ0v) is 23.5. The maximum absolute atomic E-state index is 12.5. The van der Waals surface area contributed by atoms with Crippen LogP contribution in [0.25, 0.3) is 0 Å². The monoisotopic (exact) mass is 532 g/mol. The molecule has 210 valence electrons. The zero-order valence-electron chi connectivity index (χ0n) is 23.5. The molecule has 0 spiro atoms. The number of aliphatic hydroxyl groups excluding tert-OH is 1. The summed E-state index contributed by atoms with van der Waals surface area (Å²) in [7, 11) is 1.67.